The maximum Gasteiger partial charge on any atom is 0.240 e. The van der Waals surface area contributed by atoms with Gasteiger partial charge in [0.05, 0.1) is 6.04 Å². The van der Waals surface area contributed by atoms with Crippen molar-refractivity contribution in [2.75, 3.05) is 52.4 Å². The Labute approximate surface area is 174 Å². The van der Waals surface area contributed by atoms with Gasteiger partial charge in [-0.05, 0) is 31.6 Å². The van der Waals surface area contributed by atoms with Gasteiger partial charge in [-0.1, -0.05) is 19.3 Å². The predicted octanol–water partition coefficient (Wildman–Crippen LogP) is 1.18. The first-order valence-electron chi connectivity index (χ1n) is 11.6. The molecule has 0 N–H and O–H groups in total. The van der Waals surface area contributed by atoms with E-state index in [1.165, 1.54) is 19.3 Å². The topological polar surface area (TPSA) is 64.2 Å². The molecule has 2 saturated carbocycles. The van der Waals surface area contributed by atoms with Crippen LogP contribution in [0.1, 0.15) is 51.9 Å². The Morgan fingerprint density at radius 3 is 1.76 bits per heavy atom. The van der Waals surface area contributed by atoms with Gasteiger partial charge in [-0.2, -0.15) is 0 Å². The van der Waals surface area contributed by atoms with Crippen LogP contribution in [0.2, 0.25) is 0 Å². The van der Waals surface area contributed by atoms with E-state index in [-0.39, 0.29) is 23.8 Å². The van der Waals surface area contributed by atoms with Gasteiger partial charge in [-0.25, -0.2) is 0 Å². The Kier molecular flexibility index (Phi) is 6.42. The summed E-state index contributed by atoms with van der Waals surface area (Å²) in [5.41, 5.74) is 0. The number of amides is 3. The van der Waals surface area contributed by atoms with Crippen LogP contribution in [-0.4, -0.2) is 95.7 Å². The van der Waals surface area contributed by atoms with Crippen molar-refractivity contribution < 1.29 is 14.4 Å². The lowest BCUT2D eigenvalue weighted by molar-refractivity contribution is -0.147. The Bertz CT molecular complexity index is 614. The third kappa shape index (κ3) is 4.44. The van der Waals surface area contributed by atoms with E-state index < -0.39 is 0 Å². The molecule has 2 saturated heterocycles. The van der Waals surface area contributed by atoms with Crippen LogP contribution in [0.15, 0.2) is 0 Å². The molecule has 1 atom stereocenters. The van der Waals surface area contributed by atoms with Crippen LogP contribution >= 0.6 is 0 Å². The van der Waals surface area contributed by atoms with E-state index in [1.54, 1.807) is 6.92 Å². The number of carbonyl (C=O) groups is 3. The third-order valence-corrected chi connectivity index (χ3v) is 7.61. The minimum Gasteiger partial charge on any atom is -0.340 e. The molecule has 3 amide bonds. The van der Waals surface area contributed by atoms with Crippen molar-refractivity contribution in [1.29, 1.82) is 0 Å². The maximum atomic E-state index is 13.5. The average molecular weight is 405 g/mol. The molecule has 2 aliphatic carbocycles. The maximum absolute atomic E-state index is 13.5. The van der Waals surface area contributed by atoms with Gasteiger partial charge in [-0.15, -0.1) is 0 Å². The third-order valence-electron chi connectivity index (χ3n) is 7.61. The number of hydrogen-bond donors (Lipinski definition) is 0. The Balaban J connectivity index is 1.38. The summed E-state index contributed by atoms with van der Waals surface area (Å²) in [6.45, 7) is 7.28. The second kappa shape index (κ2) is 9.02. The summed E-state index contributed by atoms with van der Waals surface area (Å²) in [5.74, 6) is 1.36. The smallest absolute Gasteiger partial charge is 0.240 e. The zero-order valence-electron chi connectivity index (χ0n) is 17.9. The van der Waals surface area contributed by atoms with Gasteiger partial charge in [-0.3, -0.25) is 19.3 Å². The van der Waals surface area contributed by atoms with Crippen LogP contribution < -0.4 is 0 Å². The summed E-state index contributed by atoms with van der Waals surface area (Å²) in [5, 5.41) is 0. The minimum absolute atomic E-state index is 0.0534. The molecule has 162 valence electrons. The second-order valence-corrected chi connectivity index (χ2v) is 9.31. The van der Waals surface area contributed by atoms with Crippen molar-refractivity contribution in [2.24, 2.45) is 11.8 Å². The first-order valence-corrected chi connectivity index (χ1v) is 11.6. The van der Waals surface area contributed by atoms with Crippen molar-refractivity contribution in [3.63, 3.8) is 0 Å². The SMILES string of the molecule is CC(=O)N1CCN(C(=O)C(C2CCCC2)N2CCN(C(=O)C3CCC3)CC2)CC1. The van der Waals surface area contributed by atoms with Gasteiger partial charge in [0, 0.05) is 65.2 Å². The van der Waals surface area contributed by atoms with E-state index in [0.29, 0.717) is 38.0 Å². The van der Waals surface area contributed by atoms with E-state index in [0.717, 1.165) is 51.9 Å². The van der Waals surface area contributed by atoms with Crippen LogP contribution in [-0.2, 0) is 14.4 Å². The minimum atomic E-state index is -0.0534. The first-order chi connectivity index (χ1) is 14.0. The van der Waals surface area contributed by atoms with E-state index >= 15 is 0 Å². The number of carbonyl (C=O) groups excluding carboxylic acids is 3. The number of nitrogens with zero attached hydrogens (tertiary/aromatic N) is 4. The van der Waals surface area contributed by atoms with Crippen molar-refractivity contribution in [3.05, 3.63) is 0 Å². The van der Waals surface area contributed by atoms with Gasteiger partial charge >= 0.3 is 0 Å². The molecule has 29 heavy (non-hydrogen) atoms. The van der Waals surface area contributed by atoms with Crippen molar-refractivity contribution >= 4 is 17.7 Å². The normalized spacial score (nSPS) is 25.8. The second-order valence-electron chi connectivity index (χ2n) is 9.31. The van der Waals surface area contributed by atoms with E-state index in [4.69, 9.17) is 0 Å². The van der Waals surface area contributed by atoms with Crippen LogP contribution in [0.4, 0.5) is 0 Å². The summed E-state index contributed by atoms with van der Waals surface area (Å²) in [7, 11) is 0. The fraction of sp³-hybridized carbons (Fsp3) is 0.864. The number of piperazine rings is 2. The molecule has 2 aliphatic heterocycles. The zero-order chi connectivity index (χ0) is 20.4. The van der Waals surface area contributed by atoms with Gasteiger partial charge in [0.1, 0.15) is 0 Å². The fourth-order valence-electron chi connectivity index (χ4n) is 5.49. The van der Waals surface area contributed by atoms with Crippen LogP contribution in [0, 0.1) is 11.8 Å². The summed E-state index contributed by atoms with van der Waals surface area (Å²) in [6, 6.07) is -0.0534. The predicted molar refractivity (Wildman–Crippen MR) is 110 cm³/mol. The zero-order valence-corrected chi connectivity index (χ0v) is 17.9. The highest BCUT2D eigenvalue weighted by molar-refractivity contribution is 5.83. The molecular formula is C22H36N4O3. The molecule has 0 spiro atoms. The highest BCUT2D eigenvalue weighted by Crippen LogP contribution is 2.33. The van der Waals surface area contributed by atoms with Crippen LogP contribution in [0.3, 0.4) is 0 Å². The van der Waals surface area contributed by atoms with Gasteiger partial charge in [0.15, 0.2) is 0 Å². The average Bonchev–Trinajstić information content (AvgIpc) is 3.21. The molecule has 1 unspecified atom stereocenters. The lowest BCUT2D eigenvalue weighted by atomic mass is 9.84. The molecule has 0 bridgehead atoms. The molecule has 0 aromatic heterocycles. The lowest BCUT2D eigenvalue weighted by Crippen LogP contribution is -2.61. The highest BCUT2D eigenvalue weighted by atomic mass is 16.2. The number of hydrogen-bond acceptors (Lipinski definition) is 4. The van der Waals surface area contributed by atoms with Gasteiger partial charge in [0.2, 0.25) is 17.7 Å². The molecule has 4 aliphatic rings. The molecule has 4 rings (SSSR count). The summed E-state index contributed by atoms with van der Waals surface area (Å²) in [6.07, 6.45) is 7.98. The molecule has 0 aromatic rings. The van der Waals surface area contributed by atoms with Crippen molar-refractivity contribution in [1.82, 2.24) is 19.6 Å². The molecule has 0 radical (unpaired) electrons. The molecule has 2 heterocycles. The molecular weight excluding hydrogens is 368 g/mol. The Morgan fingerprint density at radius 1 is 0.690 bits per heavy atom. The molecule has 7 nitrogen and oxygen atoms in total. The quantitative estimate of drug-likeness (QED) is 0.706. The largest absolute Gasteiger partial charge is 0.340 e. The van der Waals surface area contributed by atoms with E-state index in [1.807, 2.05) is 14.7 Å². The van der Waals surface area contributed by atoms with Gasteiger partial charge < -0.3 is 14.7 Å². The van der Waals surface area contributed by atoms with E-state index in [9.17, 15) is 14.4 Å². The Hall–Kier alpha value is -1.63. The summed E-state index contributed by atoms with van der Waals surface area (Å²) < 4.78 is 0. The van der Waals surface area contributed by atoms with Crippen LogP contribution in [0.25, 0.3) is 0 Å². The summed E-state index contributed by atoms with van der Waals surface area (Å²) in [4.78, 5) is 45.9. The van der Waals surface area contributed by atoms with Gasteiger partial charge in [0.25, 0.3) is 0 Å². The highest BCUT2D eigenvalue weighted by Gasteiger charge is 2.40. The summed E-state index contributed by atoms with van der Waals surface area (Å²) >= 11 is 0. The molecule has 0 aromatic carbocycles. The fourth-order valence-corrected chi connectivity index (χ4v) is 5.49. The Morgan fingerprint density at radius 2 is 1.24 bits per heavy atom. The molecule has 4 fully saturated rings. The standard InChI is InChI=1S/C22H36N4O3/c1-17(27)23-9-13-26(14-10-23)22(29)20(18-5-2-3-6-18)24-11-15-25(16-12-24)21(28)19-7-4-8-19/h18-20H,2-16H2,1H3. The first kappa shape index (κ1) is 20.6. The van der Waals surface area contributed by atoms with Crippen molar-refractivity contribution in [2.45, 2.75) is 57.9 Å². The van der Waals surface area contributed by atoms with Crippen molar-refractivity contribution in [3.8, 4) is 0 Å². The number of rotatable bonds is 4. The monoisotopic (exact) mass is 404 g/mol. The molecule has 7 heteroatoms. The van der Waals surface area contributed by atoms with E-state index in [2.05, 4.69) is 4.90 Å². The lowest BCUT2D eigenvalue weighted by Gasteiger charge is -2.44. The van der Waals surface area contributed by atoms with Crippen LogP contribution in [0.5, 0.6) is 0 Å².